The van der Waals surface area contributed by atoms with Crippen molar-refractivity contribution in [2.75, 3.05) is 6.54 Å². The summed E-state index contributed by atoms with van der Waals surface area (Å²) in [7, 11) is 0. The third-order valence-electron chi connectivity index (χ3n) is 2.94. The maximum Gasteiger partial charge on any atom is 0.102 e. The van der Waals surface area contributed by atoms with Crippen molar-refractivity contribution in [3.05, 3.63) is 46.1 Å². The van der Waals surface area contributed by atoms with Gasteiger partial charge in [-0.2, -0.15) is 5.26 Å². The van der Waals surface area contributed by atoms with E-state index in [-0.39, 0.29) is 0 Å². The Kier molecular flexibility index (Phi) is 4.35. The van der Waals surface area contributed by atoms with Gasteiger partial charge in [0.25, 0.3) is 0 Å². The second-order valence-corrected chi connectivity index (χ2v) is 5.03. The van der Waals surface area contributed by atoms with Crippen LogP contribution in [0.3, 0.4) is 0 Å². The SMILES string of the molecule is N#C/C(C(=S)c1ccc(Cl)cc1)=C1/CCCCN1. The molecule has 1 aliphatic rings. The lowest BCUT2D eigenvalue weighted by Gasteiger charge is -2.18. The van der Waals surface area contributed by atoms with Gasteiger partial charge in [-0.15, -0.1) is 0 Å². The molecule has 0 radical (unpaired) electrons. The van der Waals surface area contributed by atoms with Crippen LogP contribution in [0.25, 0.3) is 0 Å². The highest BCUT2D eigenvalue weighted by Crippen LogP contribution is 2.20. The molecule has 0 atom stereocenters. The first-order valence-corrected chi connectivity index (χ1v) is 6.68. The number of hydrogen-bond donors (Lipinski definition) is 1. The monoisotopic (exact) mass is 276 g/mol. The molecule has 0 spiro atoms. The van der Waals surface area contributed by atoms with Crippen LogP contribution in [0.5, 0.6) is 0 Å². The van der Waals surface area contributed by atoms with E-state index >= 15 is 0 Å². The number of thiocarbonyl (C=S) groups is 1. The summed E-state index contributed by atoms with van der Waals surface area (Å²) in [6.45, 7) is 0.920. The summed E-state index contributed by atoms with van der Waals surface area (Å²) in [5, 5.41) is 13.2. The molecule has 1 heterocycles. The lowest BCUT2D eigenvalue weighted by molar-refractivity contribution is 0.586. The maximum absolute atomic E-state index is 9.30. The van der Waals surface area contributed by atoms with Crippen LogP contribution in [0.1, 0.15) is 24.8 Å². The highest BCUT2D eigenvalue weighted by Gasteiger charge is 2.15. The molecule has 0 bridgehead atoms. The number of rotatable bonds is 2. The molecule has 0 unspecified atom stereocenters. The molecule has 4 heteroatoms. The Balaban J connectivity index is 2.31. The predicted molar refractivity (Wildman–Crippen MR) is 77.6 cm³/mol. The summed E-state index contributed by atoms with van der Waals surface area (Å²) in [5.41, 5.74) is 2.43. The molecule has 92 valence electrons. The number of hydrogen-bond acceptors (Lipinski definition) is 3. The molecular formula is C14H13ClN2S. The molecule has 1 aromatic rings. The minimum absolute atomic E-state index is 0.590. The Morgan fingerprint density at radius 1 is 1.28 bits per heavy atom. The van der Waals surface area contributed by atoms with E-state index < -0.39 is 0 Å². The van der Waals surface area contributed by atoms with E-state index in [1.807, 2.05) is 12.1 Å². The molecule has 0 aliphatic carbocycles. The van der Waals surface area contributed by atoms with Gasteiger partial charge in [0.05, 0.1) is 10.4 Å². The van der Waals surface area contributed by atoms with Crippen molar-refractivity contribution in [2.24, 2.45) is 0 Å². The van der Waals surface area contributed by atoms with E-state index in [0.29, 0.717) is 15.5 Å². The smallest absolute Gasteiger partial charge is 0.102 e. The van der Waals surface area contributed by atoms with Gasteiger partial charge < -0.3 is 5.32 Å². The highest BCUT2D eigenvalue weighted by molar-refractivity contribution is 7.81. The number of piperidine rings is 1. The van der Waals surface area contributed by atoms with Gasteiger partial charge in [-0.3, -0.25) is 0 Å². The van der Waals surface area contributed by atoms with E-state index in [9.17, 15) is 5.26 Å². The minimum Gasteiger partial charge on any atom is -0.387 e. The van der Waals surface area contributed by atoms with Crippen LogP contribution in [-0.4, -0.2) is 11.4 Å². The molecule has 18 heavy (non-hydrogen) atoms. The zero-order valence-electron chi connectivity index (χ0n) is 9.87. The normalized spacial score (nSPS) is 17.6. The van der Waals surface area contributed by atoms with Crippen molar-refractivity contribution in [3.63, 3.8) is 0 Å². The van der Waals surface area contributed by atoms with Crippen molar-refractivity contribution in [1.82, 2.24) is 5.32 Å². The first kappa shape index (κ1) is 13.1. The fraction of sp³-hybridized carbons (Fsp3) is 0.286. The quantitative estimate of drug-likeness (QED) is 0.388. The van der Waals surface area contributed by atoms with Crippen LogP contribution in [0.2, 0.25) is 5.02 Å². The van der Waals surface area contributed by atoms with Gasteiger partial charge in [-0.25, -0.2) is 0 Å². The molecule has 0 amide bonds. The largest absolute Gasteiger partial charge is 0.387 e. The van der Waals surface area contributed by atoms with Gasteiger partial charge in [0, 0.05) is 17.3 Å². The third kappa shape index (κ3) is 2.90. The van der Waals surface area contributed by atoms with Gasteiger partial charge in [-0.05, 0) is 37.0 Å². The van der Waals surface area contributed by atoms with Gasteiger partial charge in [0.15, 0.2) is 0 Å². The molecule has 1 fully saturated rings. The summed E-state index contributed by atoms with van der Waals surface area (Å²) >= 11 is 11.2. The van der Waals surface area contributed by atoms with E-state index in [1.54, 1.807) is 12.1 Å². The highest BCUT2D eigenvalue weighted by atomic mass is 35.5. The van der Waals surface area contributed by atoms with Crippen molar-refractivity contribution in [3.8, 4) is 6.07 Å². The molecule has 0 saturated carbocycles. The lowest BCUT2D eigenvalue weighted by atomic mass is 9.99. The number of nitrogens with one attached hydrogen (secondary N) is 1. The summed E-state index contributed by atoms with van der Waals surface area (Å²) in [4.78, 5) is 0.596. The second-order valence-electron chi connectivity index (χ2n) is 4.19. The molecule has 2 rings (SSSR count). The zero-order chi connectivity index (χ0) is 13.0. The zero-order valence-corrected chi connectivity index (χ0v) is 11.4. The van der Waals surface area contributed by atoms with E-state index in [0.717, 1.165) is 37.1 Å². The Morgan fingerprint density at radius 2 is 2.00 bits per heavy atom. The van der Waals surface area contributed by atoms with Crippen LogP contribution in [0, 0.1) is 11.3 Å². The van der Waals surface area contributed by atoms with Crippen LogP contribution < -0.4 is 5.32 Å². The van der Waals surface area contributed by atoms with Crippen molar-refractivity contribution < 1.29 is 0 Å². The Hall–Kier alpha value is -1.37. The molecule has 0 aromatic heterocycles. The van der Waals surface area contributed by atoms with Gasteiger partial charge >= 0.3 is 0 Å². The summed E-state index contributed by atoms with van der Waals surface area (Å²) in [6.07, 6.45) is 3.16. The Labute approximate surface area is 117 Å². The minimum atomic E-state index is 0.590. The number of nitriles is 1. The van der Waals surface area contributed by atoms with E-state index in [4.69, 9.17) is 23.8 Å². The van der Waals surface area contributed by atoms with Crippen LogP contribution in [0.4, 0.5) is 0 Å². The number of halogens is 1. The fourth-order valence-corrected chi connectivity index (χ4v) is 2.40. The van der Waals surface area contributed by atoms with E-state index in [1.165, 1.54) is 0 Å². The molecule has 1 N–H and O–H groups in total. The number of allylic oxidation sites excluding steroid dienone is 2. The number of nitrogens with zero attached hydrogens (tertiary/aromatic N) is 1. The first-order chi connectivity index (χ1) is 8.72. The third-order valence-corrected chi connectivity index (χ3v) is 3.63. The maximum atomic E-state index is 9.30. The standard InChI is InChI=1S/C14H13ClN2S/c15-11-6-4-10(5-7-11)14(18)12(9-16)13-3-1-2-8-17-13/h4-7,17H,1-3,8H2/b13-12+. The van der Waals surface area contributed by atoms with Crippen LogP contribution in [0.15, 0.2) is 35.5 Å². The Bertz CT molecular complexity index is 518. The first-order valence-electron chi connectivity index (χ1n) is 5.90. The van der Waals surface area contributed by atoms with Crippen molar-refractivity contribution >= 4 is 28.7 Å². The van der Waals surface area contributed by atoms with E-state index in [2.05, 4.69) is 11.4 Å². The summed E-state index contributed by atoms with van der Waals surface area (Å²) in [5.74, 6) is 0. The molecule has 1 aromatic carbocycles. The van der Waals surface area contributed by atoms with Crippen LogP contribution >= 0.6 is 23.8 Å². The van der Waals surface area contributed by atoms with Crippen molar-refractivity contribution in [2.45, 2.75) is 19.3 Å². The predicted octanol–water partition coefficient (Wildman–Crippen LogP) is 3.61. The van der Waals surface area contributed by atoms with Crippen molar-refractivity contribution in [1.29, 1.82) is 5.26 Å². The second kappa shape index (κ2) is 5.99. The Morgan fingerprint density at radius 3 is 2.56 bits per heavy atom. The average Bonchev–Trinajstić information content (AvgIpc) is 2.41. The average molecular weight is 277 g/mol. The summed E-state index contributed by atoms with van der Waals surface area (Å²) in [6, 6.07) is 9.51. The fourth-order valence-electron chi connectivity index (χ4n) is 1.97. The molecule has 1 saturated heterocycles. The van der Waals surface area contributed by atoms with Gasteiger partial charge in [0.2, 0.25) is 0 Å². The lowest BCUT2D eigenvalue weighted by Crippen LogP contribution is -2.23. The topological polar surface area (TPSA) is 35.8 Å². The summed E-state index contributed by atoms with van der Waals surface area (Å²) < 4.78 is 0. The van der Waals surface area contributed by atoms with Crippen LogP contribution in [-0.2, 0) is 0 Å². The van der Waals surface area contributed by atoms with Gasteiger partial charge in [-0.1, -0.05) is 36.0 Å². The van der Waals surface area contributed by atoms with Gasteiger partial charge in [0.1, 0.15) is 6.07 Å². The molecule has 2 nitrogen and oxygen atoms in total. The molecule has 1 aliphatic heterocycles. The number of benzene rings is 1. The molecular weight excluding hydrogens is 264 g/mol.